The Morgan fingerprint density at radius 2 is 2.45 bits per heavy atom. The fourth-order valence-electron chi connectivity index (χ4n) is 0.322. The molecule has 0 spiro atoms. The number of hydrogen-bond acceptors (Lipinski definition) is 3. The first kappa shape index (κ1) is 10.5. The van der Waals surface area contributed by atoms with E-state index in [1.807, 2.05) is 0 Å². The molecule has 3 nitrogen and oxygen atoms in total. The summed E-state index contributed by atoms with van der Waals surface area (Å²) in [5.41, 5.74) is 0. The van der Waals surface area contributed by atoms with Crippen molar-refractivity contribution in [3.63, 3.8) is 0 Å². The van der Waals surface area contributed by atoms with Gasteiger partial charge in [-0.25, -0.2) is 0 Å². The molecule has 0 aromatic rings. The summed E-state index contributed by atoms with van der Waals surface area (Å²) in [6.07, 6.45) is 1.66. The molecule has 0 unspecified atom stereocenters. The fraction of sp³-hybridized carbons (Fsp3) is 0.333. The average Bonchev–Trinajstić information content (AvgIpc) is 2.03. The van der Waals surface area contributed by atoms with Gasteiger partial charge in [-0.1, -0.05) is 11.6 Å². The van der Waals surface area contributed by atoms with Gasteiger partial charge in [0.15, 0.2) is 0 Å². The first-order valence-corrected chi connectivity index (χ1v) is 4.19. The van der Waals surface area contributed by atoms with Crippen LogP contribution in [0.15, 0.2) is 10.4 Å². The molecule has 0 bridgehead atoms. The quantitative estimate of drug-likeness (QED) is 0.526. The molecule has 0 saturated heterocycles. The summed E-state index contributed by atoms with van der Waals surface area (Å²) >= 11 is 6.59. The maximum Gasteiger partial charge on any atom is 0.263 e. The van der Waals surface area contributed by atoms with Gasteiger partial charge < -0.3 is 5.32 Å². The van der Waals surface area contributed by atoms with Crippen LogP contribution in [0.5, 0.6) is 0 Å². The standard InChI is InChI=1S/C6H7ClNO2S/c1-8-6(10)5(7)4-11-3-2-9/h4H,3H2,1H3,(H,8,10)/b5-4-. The maximum atomic E-state index is 10.7. The summed E-state index contributed by atoms with van der Waals surface area (Å²) in [5, 5.41) is 3.83. The van der Waals surface area contributed by atoms with Crippen LogP contribution in [0.2, 0.25) is 0 Å². The predicted octanol–water partition coefficient (Wildman–Crippen LogP) is 0.655. The molecule has 5 heteroatoms. The molecule has 0 aliphatic heterocycles. The monoisotopic (exact) mass is 192 g/mol. The summed E-state index contributed by atoms with van der Waals surface area (Å²) in [4.78, 5) is 20.4. The Hall–Kier alpha value is -0.480. The van der Waals surface area contributed by atoms with Gasteiger partial charge in [-0.2, -0.15) is 0 Å². The average molecular weight is 193 g/mol. The normalized spacial score (nSPS) is 10.9. The van der Waals surface area contributed by atoms with Crippen molar-refractivity contribution in [2.45, 2.75) is 0 Å². The smallest absolute Gasteiger partial charge is 0.263 e. The van der Waals surface area contributed by atoms with Crippen molar-refractivity contribution in [3.8, 4) is 0 Å². The van der Waals surface area contributed by atoms with Gasteiger partial charge >= 0.3 is 0 Å². The molecule has 1 N–H and O–H groups in total. The van der Waals surface area contributed by atoms with E-state index in [0.717, 1.165) is 11.8 Å². The van der Waals surface area contributed by atoms with Gasteiger partial charge in [0.05, 0.1) is 5.75 Å². The molecule has 0 fully saturated rings. The van der Waals surface area contributed by atoms with Gasteiger partial charge in [0.25, 0.3) is 5.91 Å². The van der Waals surface area contributed by atoms with E-state index in [4.69, 9.17) is 11.6 Å². The highest BCUT2D eigenvalue weighted by Crippen LogP contribution is 2.09. The Balaban J connectivity index is 3.79. The molecular formula is C6H7ClNO2S. The second-order valence-electron chi connectivity index (χ2n) is 1.50. The summed E-state index contributed by atoms with van der Waals surface area (Å²) in [6, 6.07) is 0. The van der Waals surface area contributed by atoms with Crippen LogP contribution < -0.4 is 5.32 Å². The minimum atomic E-state index is -0.356. The molecular weight excluding hydrogens is 186 g/mol. The number of rotatable bonds is 4. The topological polar surface area (TPSA) is 46.2 Å². The number of halogens is 1. The maximum absolute atomic E-state index is 10.7. The third kappa shape index (κ3) is 4.86. The van der Waals surface area contributed by atoms with Crippen LogP contribution in [0.1, 0.15) is 0 Å². The lowest BCUT2D eigenvalue weighted by atomic mass is 10.6. The molecule has 11 heavy (non-hydrogen) atoms. The zero-order valence-electron chi connectivity index (χ0n) is 5.89. The van der Waals surface area contributed by atoms with Gasteiger partial charge in [-0.05, 0) is 5.41 Å². The van der Waals surface area contributed by atoms with E-state index >= 15 is 0 Å². The van der Waals surface area contributed by atoms with Crippen LogP contribution >= 0.6 is 23.4 Å². The van der Waals surface area contributed by atoms with E-state index in [0.29, 0.717) is 0 Å². The van der Waals surface area contributed by atoms with E-state index < -0.39 is 0 Å². The lowest BCUT2D eigenvalue weighted by molar-refractivity contribution is -0.116. The largest absolute Gasteiger partial charge is 0.354 e. The number of hydrogen-bond donors (Lipinski definition) is 1. The van der Waals surface area contributed by atoms with Crippen molar-refractivity contribution in [1.29, 1.82) is 0 Å². The number of likely N-dealkylation sites (N-methyl/N-ethyl adjacent to an activating group) is 1. The molecule has 0 aliphatic rings. The summed E-state index contributed by atoms with van der Waals surface area (Å²) in [6.45, 7) is 0. The molecule has 0 atom stereocenters. The number of carbonyl (C=O) groups excluding carboxylic acids is 2. The number of carbonyl (C=O) groups is 1. The Morgan fingerprint density at radius 3 is 2.91 bits per heavy atom. The second kappa shape index (κ2) is 6.24. The first-order chi connectivity index (χ1) is 5.22. The van der Waals surface area contributed by atoms with Crippen LogP contribution in [-0.2, 0) is 9.59 Å². The van der Waals surface area contributed by atoms with Gasteiger partial charge in [0, 0.05) is 7.05 Å². The van der Waals surface area contributed by atoms with Crippen LogP contribution in [0.25, 0.3) is 0 Å². The third-order valence-corrected chi connectivity index (χ3v) is 1.87. The predicted molar refractivity (Wildman–Crippen MR) is 46.2 cm³/mol. The van der Waals surface area contributed by atoms with E-state index in [1.165, 1.54) is 12.5 Å². The van der Waals surface area contributed by atoms with Crippen LogP contribution in [0, 0.1) is 0 Å². The summed E-state index contributed by atoms with van der Waals surface area (Å²) < 4.78 is 0. The van der Waals surface area contributed by atoms with Crippen molar-refractivity contribution in [2.24, 2.45) is 0 Å². The third-order valence-electron chi connectivity index (χ3n) is 0.773. The number of amides is 1. The lowest BCUT2D eigenvalue weighted by Crippen LogP contribution is -2.17. The molecule has 0 aromatic carbocycles. The van der Waals surface area contributed by atoms with Crippen LogP contribution in [-0.4, -0.2) is 25.0 Å². The molecule has 0 heterocycles. The molecule has 0 rings (SSSR count). The Bertz CT molecular complexity index is 181. The van der Waals surface area contributed by atoms with E-state index in [-0.39, 0.29) is 16.7 Å². The van der Waals surface area contributed by atoms with Gasteiger partial charge in [0.2, 0.25) is 6.29 Å². The highest BCUT2D eigenvalue weighted by atomic mass is 35.5. The van der Waals surface area contributed by atoms with E-state index in [2.05, 4.69) is 5.32 Å². The molecule has 0 aromatic heterocycles. The first-order valence-electron chi connectivity index (χ1n) is 2.76. The highest BCUT2D eigenvalue weighted by Gasteiger charge is 2.01. The van der Waals surface area contributed by atoms with Crippen molar-refractivity contribution in [2.75, 3.05) is 12.8 Å². The highest BCUT2D eigenvalue weighted by molar-refractivity contribution is 8.02. The van der Waals surface area contributed by atoms with E-state index in [9.17, 15) is 9.59 Å². The van der Waals surface area contributed by atoms with Crippen molar-refractivity contribution in [1.82, 2.24) is 5.32 Å². The summed E-state index contributed by atoms with van der Waals surface area (Å²) in [5.74, 6) is -0.169. The Kier molecular flexibility index (Phi) is 5.97. The molecule has 61 valence electrons. The zero-order valence-corrected chi connectivity index (χ0v) is 7.46. The van der Waals surface area contributed by atoms with Crippen LogP contribution in [0.3, 0.4) is 0 Å². The van der Waals surface area contributed by atoms with Crippen molar-refractivity contribution in [3.05, 3.63) is 10.4 Å². The Labute approximate surface area is 74.2 Å². The van der Waals surface area contributed by atoms with E-state index in [1.54, 1.807) is 6.29 Å². The van der Waals surface area contributed by atoms with Gasteiger partial charge in [-0.15, -0.1) is 11.8 Å². The van der Waals surface area contributed by atoms with Gasteiger partial charge in [-0.3, -0.25) is 9.59 Å². The SMILES string of the molecule is CNC(=O)/C(Cl)=C/SC[C]=O. The number of thioether (sulfide) groups is 1. The number of nitrogens with one attached hydrogen (secondary N) is 1. The lowest BCUT2D eigenvalue weighted by Gasteiger charge is -1.94. The fourth-order valence-corrected chi connectivity index (χ4v) is 1.01. The second-order valence-corrected chi connectivity index (χ2v) is 2.77. The van der Waals surface area contributed by atoms with Gasteiger partial charge in [0.1, 0.15) is 5.03 Å². The summed E-state index contributed by atoms with van der Waals surface area (Å²) in [7, 11) is 1.48. The molecule has 1 amide bonds. The van der Waals surface area contributed by atoms with Crippen molar-refractivity contribution < 1.29 is 9.59 Å². The minimum Gasteiger partial charge on any atom is -0.354 e. The molecule has 0 aliphatic carbocycles. The van der Waals surface area contributed by atoms with Crippen LogP contribution in [0.4, 0.5) is 0 Å². The molecule has 1 radical (unpaired) electrons. The Morgan fingerprint density at radius 1 is 1.82 bits per heavy atom. The minimum absolute atomic E-state index is 0.0766. The molecule has 0 saturated carbocycles. The zero-order chi connectivity index (χ0) is 8.69. The van der Waals surface area contributed by atoms with Crippen molar-refractivity contribution >= 4 is 35.6 Å².